The Kier molecular flexibility index (Phi) is 4.68. The molecule has 2 rings (SSSR count). The molecule has 0 bridgehead atoms. The number of hydrogen-bond acceptors (Lipinski definition) is 4. The van der Waals surface area contributed by atoms with Crippen molar-refractivity contribution in [1.29, 1.82) is 0 Å². The summed E-state index contributed by atoms with van der Waals surface area (Å²) in [6.07, 6.45) is 1.81. The minimum Gasteiger partial charge on any atom is -0.351 e. The topological polar surface area (TPSA) is 75.3 Å². The van der Waals surface area contributed by atoms with Crippen molar-refractivity contribution in [3.63, 3.8) is 0 Å². The number of rotatable bonds is 4. The van der Waals surface area contributed by atoms with Gasteiger partial charge in [-0.25, -0.2) is 8.42 Å². The Balaban J connectivity index is 2.11. The maximum absolute atomic E-state index is 12.5. The molecule has 0 saturated carbocycles. The predicted molar refractivity (Wildman–Crippen MR) is 82.7 cm³/mol. The van der Waals surface area contributed by atoms with E-state index in [4.69, 9.17) is 0 Å². The van der Waals surface area contributed by atoms with Crippen LogP contribution in [0.4, 0.5) is 0 Å². The Labute approximate surface area is 126 Å². The van der Waals surface area contributed by atoms with Gasteiger partial charge in [0.15, 0.2) is 14.6 Å². The average molecular weight is 310 g/mol. The third kappa shape index (κ3) is 3.44. The maximum Gasteiger partial charge on any atom is 0.241 e. The van der Waals surface area contributed by atoms with Crippen molar-refractivity contribution < 1.29 is 13.2 Å². The van der Waals surface area contributed by atoms with Gasteiger partial charge in [0.05, 0.1) is 0 Å². The molecule has 1 aliphatic heterocycles. The molecule has 1 aliphatic rings. The second-order valence-electron chi connectivity index (χ2n) is 5.68. The largest absolute Gasteiger partial charge is 0.351 e. The summed E-state index contributed by atoms with van der Waals surface area (Å²) < 4.78 is 22.9. The first-order chi connectivity index (χ1) is 9.85. The summed E-state index contributed by atoms with van der Waals surface area (Å²) >= 11 is 0. The molecular weight excluding hydrogens is 288 g/mol. The number of piperidine rings is 1. The second-order valence-corrected chi connectivity index (χ2v) is 8.01. The van der Waals surface area contributed by atoms with Crippen LogP contribution in [0.1, 0.15) is 24.0 Å². The Hall–Kier alpha value is -1.40. The van der Waals surface area contributed by atoms with Crippen LogP contribution in [-0.2, 0) is 21.2 Å². The fourth-order valence-corrected chi connectivity index (χ4v) is 4.00. The molecule has 1 aromatic carbocycles. The molecule has 0 radical (unpaired) electrons. The molecule has 2 N–H and O–H groups in total. The van der Waals surface area contributed by atoms with E-state index in [0.717, 1.165) is 17.4 Å². The molecule has 1 saturated heterocycles. The van der Waals surface area contributed by atoms with Gasteiger partial charge in [0.2, 0.25) is 5.91 Å². The van der Waals surface area contributed by atoms with E-state index in [1.54, 1.807) is 0 Å². The van der Waals surface area contributed by atoms with E-state index >= 15 is 0 Å². The second kappa shape index (κ2) is 6.15. The van der Waals surface area contributed by atoms with E-state index in [0.29, 0.717) is 32.5 Å². The summed E-state index contributed by atoms with van der Waals surface area (Å²) in [7, 11) is -3.45. The summed E-state index contributed by atoms with van der Waals surface area (Å²) in [5, 5.41) is 5.89. The van der Waals surface area contributed by atoms with E-state index in [-0.39, 0.29) is 5.91 Å². The van der Waals surface area contributed by atoms with Crippen LogP contribution in [-0.4, -0.2) is 38.4 Å². The molecule has 1 fully saturated rings. The SMILES string of the molecule is Cc1ccc(CNC(=O)C2(S(C)(=O)=O)CCNCC2)cc1. The van der Waals surface area contributed by atoms with Gasteiger partial charge in [0, 0.05) is 12.8 Å². The van der Waals surface area contributed by atoms with E-state index in [1.165, 1.54) is 0 Å². The number of amides is 1. The average Bonchev–Trinajstić information content (AvgIpc) is 2.46. The van der Waals surface area contributed by atoms with Gasteiger partial charge in [-0.05, 0) is 38.4 Å². The molecule has 0 atom stereocenters. The Morgan fingerprint density at radius 2 is 1.81 bits per heavy atom. The highest BCUT2D eigenvalue weighted by Gasteiger charge is 2.48. The summed E-state index contributed by atoms with van der Waals surface area (Å²) in [5.74, 6) is -0.382. The zero-order chi connectivity index (χ0) is 15.5. The number of sulfone groups is 1. The predicted octanol–water partition coefficient (Wildman–Crippen LogP) is 0.778. The summed E-state index contributed by atoms with van der Waals surface area (Å²) in [6, 6.07) is 7.81. The minimum absolute atomic E-state index is 0.325. The molecule has 1 heterocycles. The van der Waals surface area contributed by atoms with Gasteiger partial charge in [-0.2, -0.15) is 0 Å². The van der Waals surface area contributed by atoms with E-state index in [1.807, 2.05) is 31.2 Å². The molecule has 0 spiro atoms. The quantitative estimate of drug-likeness (QED) is 0.862. The molecule has 0 aromatic heterocycles. The van der Waals surface area contributed by atoms with Crippen molar-refractivity contribution in [3.05, 3.63) is 35.4 Å². The van der Waals surface area contributed by atoms with Crippen LogP contribution < -0.4 is 10.6 Å². The summed E-state index contributed by atoms with van der Waals surface area (Å²) in [5.41, 5.74) is 2.11. The van der Waals surface area contributed by atoms with Crippen LogP contribution in [0.3, 0.4) is 0 Å². The zero-order valence-corrected chi connectivity index (χ0v) is 13.3. The highest BCUT2D eigenvalue weighted by molar-refractivity contribution is 7.92. The first-order valence-corrected chi connectivity index (χ1v) is 8.98. The van der Waals surface area contributed by atoms with Gasteiger partial charge in [-0.15, -0.1) is 0 Å². The normalized spacial score (nSPS) is 18.2. The number of carbonyl (C=O) groups excluding carboxylic acids is 1. The molecule has 1 amide bonds. The molecule has 0 unspecified atom stereocenters. The van der Waals surface area contributed by atoms with E-state index in [9.17, 15) is 13.2 Å². The Morgan fingerprint density at radius 1 is 1.24 bits per heavy atom. The lowest BCUT2D eigenvalue weighted by Crippen LogP contribution is -2.57. The van der Waals surface area contributed by atoms with E-state index in [2.05, 4.69) is 10.6 Å². The molecule has 116 valence electrons. The van der Waals surface area contributed by atoms with Gasteiger partial charge >= 0.3 is 0 Å². The zero-order valence-electron chi connectivity index (χ0n) is 12.5. The lowest BCUT2D eigenvalue weighted by molar-refractivity contribution is -0.124. The first-order valence-electron chi connectivity index (χ1n) is 7.09. The fraction of sp³-hybridized carbons (Fsp3) is 0.533. The van der Waals surface area contributed by atoms with Crippen LogP contribution in [0.2, 0.25) is 0 Å². The van der Waals surface area contributed by atoms with Gasteiger partial charge in [-0.1, -0.05) is 29.8 Å². The van der Waals surface area contributed by atoms with Crippen LogP contribution in [0.25, 0.3) is 0 Å². The van der Waals surface area contributed by atoms with Crippen molar-refractivity contribution in [2.75, 3.05) is 19.3 Å². The molecule has 1 aromatic rings. The van der Waals surface area contributed by atoms with Gasteiger partial charge in [0.25, 0.3) is 0 Å². The highest BCUT2D eigenvalue weighted by Crippen LogP contribution is 2.28. The van der Waals surface area contributed by atoms with Crippen molar-refractivity contribution in [2.24, 2.45) is 0 Å². The number of hydrogen-bond donors (Lipinski definition) is 2. The third-order valence-corrected chi connectivity index (χ3v) is 6.12. The first kappa shape index (κ1) is 16.0. The van der Waals surface area contributed by atoms with Gasteiger partial charge < -0.3 is 10.6 Å². The molecule has 6 heteroatoms. The molecule has 5 nitrogen and oxygen atoms in total. The maximum atomic E-state index is 12.5. The van der Waals surface area contributed by atoms with Crippen LogP contribution in [0.15, 0.2) is 24.3 Å². The van der Waals surface area contributed by atoms with Crippen LogP contribution >= 0.6 is 0 Å². The number of nitrogens with one attached hydrogen (secondary N) is 2. The fourth-order valence-electron chi connectivity index (χ4n) is 2.65. The Morgan fingerprint density at radius 3 is 2.33 bits per heavy atom. The lowest BCUT2D eigenvalue weighted by atomic mass is 9.95. The van der Waals surface area contributed by atoms with Crippen LogP contribution in [0, 0.1) is 6.92 Å². The van der Waals surface area contributed by atoms with Crippen molar-refractivity contribution in [3.8, 4) is 0 Å². The number of aryl methyl sites for hydroxylation is 1. The number of carbonyl (C=O) groups is 1. The smallest absolute Gasteiger partial charge is 0.241 e. The molecule has 21 heavy (non-hydrogen) atoms. The highest BCUT2D eigenvalue weighted by atomic mass is 32.2. The summed E-state index contributed by atoms with van der Waals surface area (Å²) in [4.78, 5) is 12.5. The van der Waals surface area contributed by atoms with Crippen LogP contribution in [0.5, 0.6) is 0 Å². The third-order valence-electron chi connectivity index (χ3n) is 4.11. The van der Waals surface area contributed by atoms with E-state index < -0.39 is 14.6 Å². The molecule has 0 aliphatic carbocycles. The van der Waals surface area contributed by atoms with Crippen molar-refractivity contribution >= 4 is 15.7 Å². The van der Waals surface area contributed by atoms with Gasteiger partial charge in [-0.3, -0.25) is 4.79 Å². The molecular formula is C15H22N2O3S. The summed E-state index contributed by atoms with van der Waals surface area (Å²) in [6.45, 7) is 3.44. The Bertz CT molecular complexity index is 602. The van der Waals surface area contributed by atoms with Crippen molar-refractivity contribution in [1.82, 2.24) is 10.6 Å². The monoisotopic (exact) mass is 310 g/mol. The van der Waals surface area contributed by atoms with Gasteiger partial charge in [0.1, 0.15) is 0 Å². The minimum atomic E-state index is -3.45. The van der Waals surface area contributed by atoms with Crippen molar-refractivity contribution in [2.45, 2.75) is 31.1 Å². The lowest BCUT2D eigenvalue weighted by Gasteiger charge is -2.34. The standard InChI is InChI=1S/C15H22N2O3S/c1-12-3-5-13(6-4-12)11-17-14(18)15(21(2,19)20)7-9-16-10-8-15/h3-6,16H,7-11H2,1-2H3,(H,17,18). The number of benzene rings is 1.